The number of carbonyl (C=O) groups excluding carboxylic acids is 1. The smallest absolute Gasteiger partial charge is 0.269 e. The van der Waals surface area contributed by atoms with Crippen molar-refractivity contribution in [3.8, 4) is 0 Å². The first kappa shape index (κ1) is 18.4. The summed E-state index contributed by atoms with van der Waals surface area (Å²) >= 11 is 0. The van der Waals surface area contributed by atoms with E-state index in [4.69, 9.17) is 0 Å². The van der Waals surface area contributed by atoms with Gasteiger partial charge in [-0.3, -0.25) is 9.78 Å². The van der Waals surface area contributed by atoms with Gasteiger partial charge in [0, 0.05) is 30.2 Å². The van der Waals surface area contributed by atoms with E-state index in [2.05, 4.69) is 15.6 Å². The molecule has 2 aromatic carbocycles. The molecule has 0 aliphatic rings. The van der Waals surface area contributed by atoms with Crippen molar-refractivity contribution in [1.82, 2.24) is 10.3 Å². The molecular weight excluding hydrogens is 355 g/mol. The molecule has 3 rings (SSSR count). The Hall–Kier alpha value is -3.35. The number of hydrogen-bond donors (Lipinski definition) is 2. The molecule has 0 fully saturated rings. The fourth-order valence-electron chi connectivity index (χ4n) is 2.44. The van der Waals surface area contributed by atoms with Gasteiger partial charge in [-0.1, -0.05) is 12.1 Å². The van der Waals surface area contributed by atoms with Crippen LogP contribution in [-0.4, -0.2) is 17.4 Å². The first-order valence-corrected chi connectivity index (χ1v) is 8.22. The summed E-state index contributed by atoms with van der Waals surface area (Å²) < 4.78 is 39.1. The van der Waals surface area contributed by atoms with Crippen molar-refractivity contribution >= 4 is 17.3 Å². The van der Waals surface area contributed by atoms with Crippen molar-refractivity contribution in [1.29, 1.82) is 0 Å². The minimum absolute atomic E-state index is 0.182. The van der Waals surface area contributed by atoms with Gasteiger partial charge in [-0.2, -0.15) is 0 Å². The number of nitrogens with one attached hydrogen (secondary N) is 2. The molecule has 4 nitrogen and oxygen atoms in total. The van der Waals surface area contributed by atoms with Gasteiger partial charge in [-0.25, -0.2) is 13.2 Å². The minimum Gasteiger partial charge on any atom is -0.355 e. The lowest BCUT2D eigenvalue weighted by Gasteiger charge is -2.09. The van der Waals surface area contributed by atoms with E-state index in [1.165, 1.54) is 30.5 Å². The van der Waals surface area contributed by atoms with Crippen molar-refractivity contribution in [2.45, 2.75) is 6.42 Å². The first-order valence-electron chi connectivity index (χ1n) is 8.22. The molecule has 0 aliphatic heterocycles. The summed E-state index contributed by atoms with van der Waals surface area (Å²) in [6.45, 7) is 0.368. The predicted molar refractivity (Wildman–Crippen MR) is 96.3 cm³/mol. The van der Waals surface area contributed by atoms with Gasteiger partial charge in [-0.05, 0) is 48.4 Å². The maximum absolute atomic E-state index is 13.3. The number of aromatic nitrogens is 1. The van der Waals surface area contributed by atoms with E-state index in [1.54, 1.807) is 18.2 Å². The molecule has 0 saturated carbocycles. The standard InChI is InChI=1S/C20H16F3N3O/c21-14-3-1-13(2-4-14)7-9-25-20(27)19-12-16(8-10-24-19)26-15-5-6-17(22)18(23)11-15/h1-6,8,10-12H,7,9H2,(H,24,26)(H,25,27). The third kappa shape index (κ3) is 5.07. The van der Waals surface area contributed by atoms with Gasteiger partial charge < -0.3 is 10.6 Å². The van der Waals surface area contributed by atoms with Gasteiger partial charge in [0.15, 0.2) is 11.6 Å². The topological polar surface area (TPSA) is 54.0 Å². The zero-order chi connectivity index (χ0) is 19.2. The average molecular weight is 371 g/mol. The van der Waals surface area contributed by atoms with Crippen LogP contribution in [0.1, 0.15) is 16.1 Å². The fourth-order valence-corrected chi connectivity index (χ4v) is 2.44. The van der Waals surface area contributed by atoms with Crippen molar-refractivity contribution in [3.05, 3.63) is 89.5 Å². The van der Waals surface area contributed by atoms with Crippen LogP contribution in [0.3, 0.4) is 0 Å². The van der Waals surface area contributed by atoms with Gasteiger partial charge >= 0.3 is 0 Å². The fraction of sp³-hybridized carbons (Fsp3) is 0.100. The summed E-state index contributed by atoms with van der Waals surface area (Å²) in [6.07, 6.45) is 2.00. The lowest BCUT2D eigenvalue weighted by Crippen LogP contribution is -2.26. The summed E-state index contributed by atoms with van der Waals surface area (Å²) in [4.78, 5) is 16.2. The van der Waals surface area contributed by atoms with Crippen molar-refractivity contribution in [2.24, 2.45) is 0 Å². The van der Waals surface area contributed by atoms with Crippen LogP contribution < -0.4 is 10.6 Å². The van der Waals surface area contributed by atoms with Crippen LogP contribution in [0.15, 0.2) is 60.8 Å². The van der Waals surface area contributed by atoms with Gasteiger partial charge in [-0.15, -0.1) is 0 Å². The van der Waals surface area contributed by atoms with E-state index in [9.17, 15) is 18.0 Å². The quantitative estimate of drug-likeness (QED) is 0.682. The molecular formula is C20H16F3N3O. The Morgan fingerprint density at radius 3 is 2.37 bits per heavy atom. The number of carbonyl (C=O) groups is 1. The number of anilines is 2. The predicted octanol–water partition coefficient (Wildman–Crippen LogP) is 4.22. The molecule has 0 bridgehead atoms. The van der Waals surface area contributed by atoms with E-state index in [1.807, 2.05) is 0 Å². The molecule has 7 heteroatoms. The highest BCUT2D eigenvalue weighted by atomic mass is 19.2. The molecule has 0 unspecified atom stereocenters. The van der Waals surface area contributed by atoms with E-state index >= 15 is 0 Å². The Labute approximate surface area is 154 Å². The average Bonchev–Trinajstić information content (AvgIpc) is 2.66. The highest BCUT2D eigenvalue weighted by molar-refractivity contribution is 5.93. The van der Waals surface area contributed by atoms with Crippen molar-refractivity contribution in [3.63, 3.8) is 0 Å². The first-order chi connectivity index (χ1) is 13.0. The van der Waals surface area contributed by atoms with Crippen LogP contribution in [0.25, 0.3) is 0 Å². The number of amides is 1. The van der Waals surface area contributed by atoms with Crippen LogP contribution >= 0.6 is 0 Å². The second kappa shape index (κ2) is 8.35. The summed E-state index contributed by atoms with van der Waals surface area (Å²) in [6, 6.07) is 12.6. The van der Waals surface area contributed by atoms with Gasteiger partial charge in [0.05, 0.1) is 0 Å². The Morgan fingerprint density at radius 2 is 1.63 bits per heavy atom. The number of nitrogens with zero attached hydrogens (tertiary/aromatic N) is 1. The molecule has 1 amide bonds. The minimum atomic E-state index is -0.965. The van der Waals surface area contributed by atoms with Crippen LogP contribution in [0.4, 0.5) is 24.5 Å². The maximum Gasteiger partial charge on any atom is 0.269 e. The third-order valence-electron chi connectivity index (χ3n) is 3.81. The van der Waals surface area contributed by atoms with Gasteiger partial charge in [0.2, 0.25) is 0 Å². The molecule has 1 aromatic heterocycles. The number of pyridine rings is 1. The molecule has 0 saturated heterocycles. The molecule has 1 heterocycles. The maximum atomic E-state index is 13.3. The SMILES string of the molecule is O=C(NCCc1ccc(F)cc1)c1cc(Nc2ccc(F)c(F)c2)ccn1. The van der Waals surface area contributed by atoms with E-state index < -0.39 is 11.6 Å². The lowest BCUT2D eigenvalue weighted by atomic mass is 10.1. The number of halogens is 3. The Kier molecular flexibility index (Phi) is 5.71. The number of hydrogen-bond acceptors (Lipinski definition) is 3. The molecule has 27 heavy (non-hydrogen) atoms. The summed E-state index contributed by atoms with van der Waals surface area (Å²) in [5.74, 6) is -2.58. The van der Waals surface area contributed by atoms with Gasteiger partial charge in [0.1, 0.15) is 11.5 Å². The van der Waals surface area contributed by atoms with Crippen LogP contribution in [0.2, 0.25) is 0 Å². The van der Waals surface area contributed by atoms with Crippen molar-refractivity contribution < 1.29 is 18.0 Å². The Morgan fingerprint density at radius 1 is 0.889 bits per heavy atom. The Balaban J connectivity index is 1.59. The second-order valence-corrected chi connectivity index (χ2v) is 5.82. The summed E-state index contributed by atoms with van der Waals surface area (Å²) in [5.41, 5.74) is 1.95. The number of benzene rings is 2. The van der Waals surface area contributed by atoms with E-state index in [0.717, 1.165) is 17.7 Å². The lowest BCUT2D eigenvalue weighted by molar-refractivity contribution is 0.0949. The summed E-state index contributed by atoms with van der Waals surface area (Å²) in [7, 11) is 0. The van der Waals surface area contributed by atoms with E-state index in [-0.39, 0.29) is 17.4 Å². The van der Waals surface area contributed by atoms with E-state index in [0.29, 0.717) is 24.3 Å². The molecule has 0 aliphatic carbocycles. The third-order valence-corrected chi connectivity index (χ3v) is 3.81. The van der Waals surface area contributed by atoms with Crippen molar-refractivity contribution in [2.75, 3.05) is 11.9 Å². The number of rotatable bonds is 6. The molecule has 3 aromatic rings. The molecule has 2 N–H and O–H groups in total. The second-order valence-electron chi connectivity index (χ2n) is 5.82. The monoisotopic (exact) mass is 371 g/mol. The highest BCUT2D eigenvalue weighted by Gasteiger charge is 2.09. The Bertz CT molecular complexity index is 945. The molecule has 0 radical (unpaired) electrons. The van der Waals surface area contributed by atoms with Crippen LogP contribution in [0.5, 0.6) is 0 Å². The molecule has 0 spiro atoms. The highest BCUT2D eigenvalue weighted by Crippen LogP contribution is 2.19. The zero-order valence-electron chi connectivity index (χ0n) is 14.2. The largest absolute Gasteiger partial charge is 0.355 e. The molecule has 138 valence electrons. The normalized spacial score (nSPS) is 10.5. The molecule has 0 atom stereocenters. The summed E-state index contributed by atoms with van der Waals surface area (Å²) in [5, 5.41) is 5.63. The van der Waals surface area contributed by atoms with Crippen LogP contribution in [0, 0.1) is 17.5 Å². The van der Waals surface area contributed by atoms with Gasteiger partial charge in [0.25, 0.3) is 5.91 Å². The van der Waals surface area contributed by atoms with Crippen LogP contribution in [-0.2, 0) is 6.42 Å². The zero-order valence-corrected chi connectivity index (χ0v) is 14.2.